The summed E-state index contributed by atoms with van der Waals surface area (Å²) in [5.74, 6) is 0.159. The number of hydrogen-bond acceptors (Lipinski definition) is 1. The highest BCUT2D eigenvalue weighted by Crippen LogP contribution is 2.17. The molecule has 0 saturated heterocycles. The molecule has 0 aliphatic heterocycles. The smallest absolute Gasteiger partial charge is 0.223 e. The molecule has 1 aromatic rings. The van der Waals surface area contributed by atoms with E-state index in [1.807, 2.05) is 13.8 Å². The predicted molar refractivity (Wildman–Crippen MR) is 67.2 cm³/mol. The Morgan fingerprint density at radius 2 is 1.81 bits per heavy atom. The number of hydrogen-bond donors (Lipinski definition) is 1. The molecule has 2 heteroatoms. The molecule has 0 spiro atoms. The van der Waals surface area contributed by atoms with E-state index >= 15 is 0 Å². The van der Waals surface area contributed by atoms with E-state index in [0.717, 1.165) is 6.42 Å². The third-order valence-corrected chi connectivity index (χ3v) is 2.73. The van der Waals surface area contributed by atoms with E-state index in [4.69, 9.17) is 0 Å². The van der Waals surface area contributed by atoms with E-state index in [-0.39, 0.29) is 17.9 Å². The number of rotatable bonds is 4. The van der Waals surface area contributed by atoms with Crippen molar-refractivity contribution in [2.75, 3.05) is 0 Å². The number of amides is 1. The van der Waals surface area contributed by atoms with Gasteiger partial charge in [-0.25, -0.2) is 0 Å². The van der Waals surface area contributed by atoms with Crippen LogP contribution in [-0.4, -0.2) is 5.91 Å². The Kier molecular flexibility index (Phi) is 4.53. The van der Waals surface area contributed by atoms with Crippen LogP contribution in [0.1, 0.15) is 44.4 Å². The summed E-state index contributed by atoms with van der Waals surface area (Å²) in [7, 11) is 0. The molecule has 1 N–H and O–H groups in total. The van der Waals surface area contributed by atoms with Gasteiger partial charge < -0.3 is 5.32 Å². The first-order valence-electron chi connectivity index (χ1n) is 5.91. The summed E-state index contributed by atoms with van der Waals surface area (Å²) in [5, 5.41) is 3.06. The maximum absolute atomic E-state index is 11.6. The molecule has 0 aliphatic rings. The molecule has 1 amide bonds. The molecule has 0 fully saturated rings. The van der Waals surface area contributed by atoms with Crippen LogP contribution in [0.3, 0.4) is 0 Å². The molecule has 0 unspecified atom stereocenters. The van der Waals surface area contributed by atoms with Crippen LogP contribution in [0.4, 0.5) is 0 Å². The number of aryl methyl sites for hydroxylation is 1. The van der Waals surface area contributed by atoms with Crippen molar-refractivity contribution < 1.29 is 4.79 Å². The third-order valence-electron chi connectivity index (χ3n) is 2.73. The molecular formula is C14H21NO. The summed E-state index contributed by atoms with van der Waals surface area (Å²) >= 11 is 0. The fourth-order valence-corrected chi connectivity index (χ4v) is 1.56. The second-order valence-corrected chi connectivity index (χ2v) is 4.53. The lowest BCUT2D eigenvalue weighted by atomic mass is 10.0. The molecule has 0 bridgehead atoms. The molecule has 0 heterocycles. The average Bonchev–Trinajstić information content (AvgIpc) is 2.26. The van der Waals surface area contributed by atoms with Gasteiger partial charge in [0.25, 0.3) is 0 Å². The Bertz CT molecular complexity index is 340. The number of carbonyl (C=O) groups excluding carboxylic acids is 1. The molecule has 0 aromatic heterocycles. The van der Waals surface area contributed by atoms with Gasteiger partial charge in [0, 0.05) is 5.92 Å². The van der Waals surface area contributed by atoms with Crippen LogP contribution in [0.25, 0.3) is 0 Å². The number of carbonyl (C=O) groups is 1. The molecule has 0 radical (unpaired) electrons. The van der Waals surface area contributed by atoms with Crippen LogP contribution in [0.2, 0.25) is 0 Å². The first-order chi connectivity index (χ1) is 7.54. The van der Waals surface area contributed by atoms with Gasteiger partial charge in [0.2, 0.25) is 5.91 Å². The Morgan fingerprint density at radius 3 is 2.25 bits per heavy atom. The van der Waals surface area contributed by atoms with Gasteiger partial charge in [0.1, 0.15) is 0 Å². The fourth-order valence-electron chi connectivity index (χ4n) is 1.56. The van der Waals surface area contributed by atoms with Crippen LogP contribution in [0.5, 0.6) is 0 Å². The van der Waals surface area contributed by atoms with Crippen molar-refractivity contribution in [2.45, 2.75) is 40.2 Å². The zero-order valence-corrected chi connectivity index (χ0v) is 10.6. The summed E-state index contributed by atoms with van der Waals surface area (Å²) in [5.41, 5.74) is 2.43. The Labute approximate surface area is 98.1 Å². The van der Waals surface area contributed by atoms with E-state index in [0.29, 0.717) is 0 Å². The van der Waals surface area contributed by atoms with Gasteiger partial charge in [0.05, 0.1) is 6.04 Å². The van der Waals surface area contributed by atoms with Gasteiger partial charge >= 0.3 is 0 Å². The van der Waals surface area contributed by atoms with Crippen LogP contribution in [0, 0.1) is 12.8 Å². The summed E-state index contributed by atoms with van der Waals surface area (Å²) < 4.78 is 0. The zero-order valence-electron chi connectivity index (χ0n) is 10.6. The van der Waals surface area contributed by atoms with Crippen molar-refractivity contribution in [3.8, 4) is 0 Å². The largest absolute Gasteiger partial charge is 0.349 e. The minimum atomic E-state index is 0.0412. The summed E-state index contributed by atoms with van der Waals surface area (Å²) in [6.07, 6.45) is 0.918. The molecule has 88 valence electrons. The lowest BCUT2D eigenvalue weighted by Gasteiger charge is -2.19. The van der Waals surface area contributed by atoms with Gasteiger partial charge in [-0.2, -0.15) is 0 Å². The van der Waals surface area contributed by atoms with Crippen molar-refractivity contribution in [1.29, 1.82) is 0 Å². The molecule has 0 saturated carbocycles. The molecule has 1 aromatic carbocycles. The number of nitrogens with one attached hydrogen (secondary N) is 1. The van der Waals surface area contributed by atoms with E-state index in [9.17, 15) is 4.79 Å². The minimum Gasteiger partial charge on any atom is -0.349 e. The Morgan fingerprint density at radius 1 is 1.25 bits per heavy atom. The topological polar surface area (TPSA) is 29.1 Å². The van der Waals surface area contributed by atoms with Crippen LogP contribution < -0.4 is 5.32 Å². The molecule has 1 rings (SSSR count). The third kappa shape index (κ3) is 3.37. The monoisotopic (exact) mass is 219 g/mol. The van der Waals surface area contributed by atoms with E-state index < -0.39 is 0 Å². The van der Waals surface area contributed by atoms with Crippen molar-refractivity contribution in [3.05, 3.63) is 35.4 Å². The maximum Gasteiger partial charge on any atom is 0.223 e. The first kappa shape index (κ1) is 12.8. The van der Waals surface area contributed by atoms with Gasteiger partial charge in [0.15, 0.2) is 0 Å². The molecular weight excluding hydrogens is 198 g/mol. The predicted octanol–water partition coefficient (Wildman–Crippen LogP) is 3.22. The Hall–Kier alpha value is -1.31. The van der Waals surface area contributed by atoms with Gasteiger partial charge in [-0.05, 0) is 18.9 Å². The van der Waals surface area contributed by atoms with E-state index in [2.05, 4.69) is 43.4 Å². The van der Waals surface area contributed by atoms with Crippen LogP contribution in [0.15, 0.2) is 24.3 Å². The average molecular weight is 219 g/mol. The SMILES string of the molecule is CC[C@@H](NC(=O)C(C)C)c1ccc(C)cc1. The Balaban J connectivity index is 2.74. The fraction of sp³-hybridized carbons (Fsp3) is 0.500. The maximum atomic E-state index is 11.6. The summed E-state index contributed by atoms with van der Waals surface area (Å²) in [6.45, 7) is 7.98. The van der Waals surface area contributed by atoms with Gasteiger partial charge in [-0.15, -0.1) is 0 Å². The highest BCUT2D eigenvalue weighted by atomic mass is 16.1. The standard InChI is InChI=1S/C14H21NO/c1-5-13(15-14(16)10(2)3)12-8-6-11(4)7-9-12/h6-10,13H,5H2,1-4H3,(H,15,16)/t13-/m1/s1. The quantitative estimate of drug-likeness (QED) is 0.827. The van der Waals surface area contributed by atoms with Crippen molar-refractivity contribution in [2.24, 2.45) is 5.92 Å². The second kappa shape index (κ2) is 5.69. The summed E-state index contributed by atoms with van der Waals surface area (Å²) in [6, 6.07) is 8.48. The second-order valence-electron chi connectivity index (χ2n) is 4.53. The van der Waals surface area contributed by atoms with Gasteiger partial charge in [-0.1, -0.05) is 50.6 Å². The lowest BCUT2D eigenvalue weighted by molar-refractivity contribution is -0.124. The van der Waals surface area contributed by atoms with Crippen LogP contribution in [-0.2, 0) is 4.79 Å². The molecule has 0 aliphatic carbocycles. The van der Waals surface area contributed by atoms with Crippen molar-refractivity contribution in [1.82, 2.24) is 5.32 Å². The van der Waals surface area contributed by atoms with E-state index in [1.54, 1.807) is 0 Å². The van der Waals surface area contributed by atoms with Crippen molar-refractivity contribution >= 4 is 5.91 Å². The lowest BCUT2D eigenvalue weighted by Crippen LogP contribution is -2.31. The normalized spacial score (nSPS) is 12.6. The molecule has 1 atom stereocenters. The number of benzene rings is 1. The zero-order chi connectivity index (χ0) is 12.1. The highest BCUT2D eigenvalue weighted by Gasteiger charge is 2.14. The highest BCUT2D eigenvalue weighted by molar-refractivity contribution is 5.78. The van der Waals surface area contributed by atoms with E-state index in [1.165, 1.54) is 11.1 Å². The van der Waals surface area contributed by atoms with Crippen LogP contribution >= 0.6 is 0 Å². The van der Waals surface area contributed by atoms with Crippen molar-refractivity contribution in [3.63, 3.8) is 0 Å². The molecule has 2 nitrogen and oxygen atoms in total. The summed E-state index contributed by atoms with van der Waals surface area (Å²) in [4.78, 5) is 11.6. The minimum absolute atomic E-state index is 0.0412. The first-order valence-corrected chi connectivity index (χ1v) is 5.91. The van der Waals surface area contributed by atoms with Gasteiger partial charge in [-0.3, -0.25) is 4.79 Å². The molecule has 16 heavy (non-hydrogen) atoms.